The summed E-state index contributed by atoms with van der Waals surface area (Å²) in [5, 5.41) is 12.3. The summed E-state index contributed by atoms with van der Waals surface area (Å²) < 4.78 is 0. The van der Waals surface area contributed by atoms with E-state index in [-0.39, 0.29) is 0 Å². The van der Waals surface area contributed by atoms with Crippen LogP contribution in [0.3, 0.4) is 0 Å². The molecule has 0 spiro atoms. The Kier molecular flexibility index (Phi) is 3.97. The molecule has 2 aliphatic rings. The molecule has 0 amide bonds. The summed E-state index contributed by atoms with van der Waals surface area (Å²) in [7, 11) is 0. The zero-order valence-corrected chi connectivity index (χ0v) is 11.8. The first-order valence-corrected chi connectivity index (χ1v) is 7.62. The molecule has 0 radical (unpaired) electrons. The Balaban J connectivity index is 1.53. The van der Waals surface area contributed by atoms with Gasteiger partial charge in [0.05, 0.1) is 5.69 Å². The molecule has 2 heterocycles. The zero-order valence-electron chi connectivity index (χ0n) is 11.8. The predicted octanol–water partition coefficient (Wildman–Crippen LogP) is 2.29. The van der Waals surface area contributed by atoms with Gasteiger partial charge in [-0.15, -0.1) is 5.10 Å². The second kappa shape index (κ2) is 5.87. The maximum absolute atomic E-state index is 4.29. The number of anilines is 1. The molecule has 1 saturated heterocycles. The largest absolute Gasteiger partial charge is 0.354 e. The van der Waals surface area contributed by atoms with Gasteiger partial charge in [-0.3, -0.25) is 0 Å². The van der Waals surface area contributed by atoms with Crippen LogP contribution in [0.4, 0.5) is 5.82 Å². The lowest BCUT2D eigenvalue weighted by Crippen LogP contribution is -2.41. The normalized spacial score (nSPS) is 24.9. The van der Waals surface area contributed by atoms with Crippen molar-refractivity contribution in [2.24, 2.45) is 0 Å². The standard InChI is InChI=1S/C15H24N4/c1-12-7-8-15(18-17-12)19-10-9-14(11-19)16-13-5-3-2-4-6-13/h7-8,13-14,16H,2-6,9-11H2,1H3. The lowest BCUT2D eigenvalue weighted by atomic mass is 9.95. The van der Waals surface area contributed by atoms with Crippen molar-refractivity contribution in [3.05, 3.63) is 17.8 Å². The van der Waals surface area contributed by atoms with E-state index < -0.39 is 0 Å². The molecule has 1 aromatic rings. The van der Waals surface area contributed by atoms with Gasteiger partial charge in [0.1, 0.15) is 0 Å². The Hall–Kier alpha value is -1.16. The number of nitrogens with zero attached hydrogens (tertiary/aromatic N) is 3. The summed E-state index contributed by atoms with van der Waals surface area (Å²) in [5.41, 5.74) is 0.986. The minimum atomic E-state index is 0.631. The lowest BCUT2D eigenvalue weighted by molar-refractivity contribution is 0.344. The highest BCUT2D eigenvalue weighted by molar-refractivity contribution is 5.39. The molecule has 4 nitrogen and oxygen atoms in total. The second-order valence-corrected chi connectivity index (χ2v) is 5.97. The molecule has 1 aliphatic heterocycles. The van der Waals surface area contributed by atoms with Gasteiger partial charge in [0, 0.05) is 25.2 Å². The van der Waals surface area contributed by atoms with E-state index in [1.54, 1.807) is 0 Å². The van der Waals surface area contributed by atoms with Gasteiger partial charge in [0.15, 0.2) is 5.82 Å². The third-order valence-electron chi connectivity index (χ3n) is 4.37. The number of aromatic nitrogens is 2. The summed E-state index contributed by atoms with van der Waals surface area (Å²) in [6.45, 7) is 4.16. The van der Waals surface area contributed by atoms with E-state index in [1.165, 1.54) is 38.5 Å². The van der Waals surface area contributed by atoms with Crippen LogP contribution in [0.25, 0.3) is 0 Å². The number of rotatable bonds is 3. The molecular weight excluding hydrogens is 236 g/mol. The van der Waals surface area contributed by atoms with E-state index in [0.29, 0.717) is 6.04 Å². The molecule has 3 rings (SSSR count). The smallest absolute Gasteiger partial charge is 0.151 e. The van der Waals surface area contributed by atoms with Gasteiger partial charge >= 0.3 is 0 Å². The molecule has 2 fully saturated rings. The van der Waals surface area contributed by atoms with Crippen LogP contribution in [0.15, 0.2) is 12.1 Å². The van der Waals surface area contributed by atoms with Crippen LogP contribution in [0, 0.1) is 6.92 Å². The van der Waals surface area contributed by atoms with Gasteiger partial charge < -0.3 is 10.2 Å². The average molecular weight is 260 g/mol. The van der Waals surface area contributed by atoms with E-state index in [0.717, 1.165) is 30.6 Å². The molecule has 4 heteroatoms. The molecule has 1 aliphatic carbocycles. The van der Waals surface area contributed by atoms with Gasteiger partial charge in [0.2, 0.25) is 0 Å². The summed E-state index contributed by atoms with van der Waals surface area (Å²) in [5.74, 6) is 1.03. The van der Waals surface area contributed by atoms with E-state index in [9.17, 15) is 0 Å². The van der Waals surface area contributed by atoms with Crippen LogP contribution in [0.1, 0.15) is 44.2 Å². The first kappa shape index (κ1) is 12.9. The van der Waals surface area contributed by atoms with Crippen LogP contribution in [-0.4, -0.2) is 35.4 Å². The minimum absolute atomic E-state index is 0.631. The van der Waals surface area contributed by atoms with Crippen LogP contribution in [0.5, 0.6) is 0 Å². The molecular formula is C15H24N4. The van der Waals surface area contributed by atoms with Gasteiger partial charge in [0.25, 0.3) is 0 Å². The van der Waals surface area contributed by atoms with Crippen LogP contribution < -0.4 is 10.2 Å². The van der Waals surface area contributed by atoms with Gasteiger partial charge in [-0.1, -0.05) is 19.3 Å². The molecule has 1 N–H and O–H groups in total. The quantitative estimate of drug-likeness (QED) is 0.905. The second-order valence-electron chi connectivity index (χ2n) is 5.97. The third-order valence-corrected chi connectivity index (χ3v) is 4.37. The van der Waals surface area contributed by atoms with Gasteiger partial charge in [-0.05, 0) is 38.3 Å². The maximum atomic E-state index is 4.29. The fraction of sp³-hybridized carbons (Fsp3) is 0.733. The Morgan fingerprint density at radius 1 is 1.05 bits per heavy atom. The summed E-state index contributed by atoms with van der Waals surface area (Å²) in [6.07, 6.45) is 8.18. The van der Waals surface area contributed by atoms with Gasteiger partial charge in [-0.2, -0.15) is 5.10 Å². The monoisotopic (exact) mass is 260 g/mol. The number of aryl methyl sites for hydroxylation is 1. The Morgan fingerprint density at radius 2 is 1.89 bits per heavy atom. The van der Waals surface area contributed by atoms with E-state index in [4.69, 9.17) is 0 Å². The SMILES string of the molecule is Cc1ccc(N2CCC(NC3CCCCC3)C2)nn1. The van der Waals surface area contributed by atoms with Gasteiger partial charge in [-0.25, -0.2) is 0 Å². The highest BCUT2D eigenvalue weighted by Crippen LogP contribution is 2.21. The molecule has 1 saturated carbocycles. The van der Waals surface area contributed by atoms with E-state index in [2.05, 4.69) is 26.5 Å². The van der Waals surface area contributed by atoms with Crippen LogP contribution >= 0.6 is 0 Å². The van der Waals surface area contributed by atoms with Crippen LogP contribution in [-0.2, 0) is 0 Å². The van der Waals surface area contributed by atoms with E-state index in [1.807, 2.05) is 13.0 Å². The Bertz CT molecular complexity index is 397. The summed E-state index contributed by atoms with van der Waals surface area (Å²) in [4.78, 5) is 2.35. The Labute approximate surface area is 115 Å². The van der Waals surface area contributed by atoms with E-state index >= 15 is 0 Å². The van der Waals surface area contributed by atoms with Crippen molar-refractivity contribution in [1.82, 2.24) is 15.5 Å². The topological polar surface area (TPSA) is 41.0 Å². The van der Waals surface area contributed by atoms with Crippen molar-refractivity contribution >= 4 is 5.82 Å². The first-order valence-electron chi connectivity index (χ1n) is 7.62. The number of hydrogen-bond acceptors (Lipinski definition) is 4. The zero-order chi connectivity index (χ0) is 13.1. The van der Waals surface area contributed by atoms with Crippen LogP contribution in [0.2, 0.25) is 0 Å². The molecule has 1 unspecified atom stereocenters. The predicted molar refractivity (Wildman–Crippen MR) is 77.4 cm³/mol. The summed E-state index contributed by atoms with van der Waals surface area (Å²) in [6, 6.07) is 5.52. The maximum Gasteiger partial charge on any atom is 0.151 e. The third kappa shape index (κ3) is 3.24. The highest BCUT2D eigenvalue weighted by atomic mass is 15.3. The lowest BCUT2D eigenvalue weighted by Gasteiger charge is -2.26. The van der Waals surface area contributed by atoms with Crippen molar-refractivity contribution < 1.29 is 0 Å². The highest BCUT2D eigenvalue weighted by Gasteiger charge is 2.26. The fourth-order valence-electron chi connectivity index (χ4n) is 3.27. The molecule has 1 atom stereocenters. The van der Waals surface area contributed by atoms with Crippen molar-refractivity contribution in [2.75, 3.05) is 18.0 Å². The number of nitrogens with one attached hydrogen (secondary N) is 1. The van der Waals surface area contributed by atoms with Crippen molar-refractivity contribution in [3.8, 4) is 0 Å². The summed E-state index contributed by atoms with van der Waals surface area (Å²) >= 11 is 0. The van der Waals surface area contributed by atoms with Crippen molar-refractivity contribution in [3.63, 3.8) is 0 Å². The molecule has 0 aromatic carbocycles. The first-order chi connectivity index (χ1) is 9.31. The molecule has 104 valence electrons. The fourth-order valence-corrected chi connectivity index (χ4v) is 3.27. The van der Waals surface area contributed by atoms with Crippen molar-refractivity contribution in [2.45, 2.75) is 57.5 Å². The minimum Gasteiger partial charge on any atom is -0.354 e. The molecule has 19 heavy (non-hydrogen) atoms. The number of hydrogen-bond donors (Lipinski definition) is 1. The molecule has 0 bridgehead atoms. The van der Waals surface area contributed by atoms with Crippen molar-refractivity contribution in [1.29, 1.82) is 0 Å². The average Bonchev–Trinajstić information content (AvgIpc) is 2.89. The Morgan fingerprint density at radius 3 is 2.63 bits per heavy atom. The molecule has 1 aromatic heterocycles.